The molecule has 7 nitrogen and oxygen atoms in total. The Morgan fingerprint density at radius 1 is 1.38 bits per heavy atom. The Morgan fingerprint density at radius 3 is 2.88 bits per heavy atom. The Hall–Kier alpha value is -2.55. The van der Waals surface area contributed by atoms with Crippen molar-refractivity contribution in [3.05, 3.63) is 35.8 Å². The smallest absolute Gasteiger partial charge is 0.282 e. The average molecular weight is 361 g/mol. The van der Waals surface area contributed by atoms with Gasteiger partial charge in [-0.3, -0.25) is 5.41 Å². The fourth-order valence-electron chi connectivity index (χ4n) is 3.68. The Bertz CT molecular complexity index is 869. The van der Waals surface area contributed by atoms with Gasteiger partial charge < -0.3 is 16.0 Å². The van der Waals surface area contributed by atoms with Gasteiger partial charge in [0.1, 0.15) is 17.2 Å². The summed E-state index contributed by atoms with van der Waals surface area (Å²) in [6.07, 6.45) is 3.66. The summed E-state index contributed by atoms with van der Waals surface area (Å²) in [7, 11) is 0. The molecule has 4 heterocycles. The van der Waals surface area contributed by atoms with E-state index in [-0.39, 0.29) is 16.9 Å². The number of nitrogens with zero attached hydrogens (tertiary/aromatic N) is 4. The number of halogens is 2. The normalized spacial score (nSPS) is 23.7. The van der Waals surface area contributed by atoms with Crippen LogP contribution in [-0.2, 0) is 0 Å². The second-order valence-electron chi connectivity index (χ2n) is 6.94. The van der Waals surface area contributed by atoms with E-state index in [1.165, 1.54) is 22.8 Å². The lowest BCUT2D eigenvalue weighted by molar-refractivity contribution is 0.110. The molecule has 9 heteroatoms. The molecular weight excluding hydrogens is 340 g/mol. The van der Waals surface area contributed by atoms with E-state index >= 15 is 0 Å². The van der Waals surface area contributed by atoms with Crippen molar-refractivity contribution in [2.45, 2.75) is 31.2 Å². The van der Waals surface area contributed by atoms with Gasteiger partial charge in [0.25, 0.3) is 6.43 Å². The summed E-state index contributed by atoms with van der Waals surface area (Å²) >= 11 is 0. The highest BCUT2D eigenvalue weighted by atomic mass is 19.3. The molecule has 0 amide bonds. The largest absolute Gasteiger partial charge is 0.397 e. The summed E-state index contributed by atoms with van der Waals surface area (Å²) in [6.45, 7) is 2.63. The first-order valence-corrected chi connectivity index (χ1v) is 8.66. The summed E-state index contributed by atoms with van der Waals surface area (Å²) in [5.41, 5.74) is 7.05. The molecular formula is C17H21F2N7. The van der Waals surface area contributed by atoms with Crippen LogP contribution < -0.4 is 11.1 Å². The van der Waals surface area contributed by atoms with Crippen molar-refractivity contribution in [2.75, 3.05) is 19.6 Å². The van der Waals surface area contributed by atoms with Crippen LogP contribution in [0.5, 0.6) is 0 Å². The Morgan fingerprint density at radius 2 is 2.19 bits per heavy atom. The predicted molar refractivity (Wildman–Crippen MR) is 94.0 cm³/mol. The number of piperidine rings is 1. The highest BCUT2D eigenvalue weighted by Crippen LogP contribution is 2.30. The molecule has 0 aromatic carbocycles. The number of hydrogen-bond acceptors (Lipinski definition) is 5. The van der Waals surface area contributed by atoms with Crippen molar-refractivity contribution < 1.29 is 8.78 Å². The van der Waals surface area contributed by atoms with Gasteiger partial charge in [-0.1, -0.05) is 0 Å². The van der Waals surface area contributed by atoms with Crippen molar-refractivity contribution in [2.24, 2.45) is 5.73 Å². The van der Waals surface area contributed by atoms with Gasteiger partial charge in [-0.25, -0.2) is 18.3 Å². The summed E-state index contributed by atoms with van der Waals surface area (Å²) in [5, 5.41) is 15.8. The molecule has 26 heavy (non-hydrogen) atoms. The van der Waals surface area contributed by atoms with Crippen LogP contribution in [0.3, 0.4) is 0 Å². The predicted octanol–water partition coefficient (Wildman–Crippen LogP) is 1.77. The van der Waals surface area contributed by atoms with Gasteiger partial charge in [-0.2, -0.15) is 5.10 Å². The molecule has 1 spiro atoms. The van der Waals surface area contributed by atoms with Crippen LogP contribution in [0.4, 0.5) is 8.78 Å². The van der Waals surface area contributed by atoms with Gasteiger partial charge in [0.15, 0.2) is 5.65 Å². The van der Waals surface area contributed by atoms with Crippen molar-refractivity contribution in [1.29, 1.82) is 5.41 Å². The first-order valence-electron chi connectivity index (χ1n) is 8.66. The SMILES string of the molecule is N=C(/C=C(\N)c1cnc2ccc(C(F)F)nn12)N1CCCC2(CCN2)C1. The molecule has 4 rings (SSSR count). The summed E-state index contributed by atoms with van der Waals surface area (Å²) < 4.78 is 27.1. The first-order chi connectivity index (χ1) is 12.5. The first kappa shape index (κ1) is 16.9. The summed E-state index contributed by atoms with van der Waals surface area (Å²) in [6, 6.07) is 2.73. The average Bonchev–Trinajstić information content (AvgIpc) is 3.03. The third-order valence-electron chi connectivity index (χ3n) is 5.22. The van der Waals surface area contributed by atoms with Crippen LogP contribution in [0.25, 0.3) is 11.3 Å². The minimum absolute atomic E-state index is 0.129. The van der Waals surface area contributed by atoms with Crippen molar-refractivity contribution in [1.82, 2.24) is 24.8 Å². The Balaban J connectivity index is 1.58. The zero-order valence-corrected chi connectivity index (χ0v) is 14.3. The number of hydrogen-bond donors (Lipinski definition) is 3. The quantitative estimate of drug-likeness (QED) is 0.572. The molecule has 2 aliphatic heterocycles. The van der Waals surface area contributed by atoms with Crippen LogP contribution in [0.2, 0.25) is 0 Å². The van der Waals surface area contributed by atoms with E-state index in [0.29, 0.717) is 17.2 Å². The fourth-order valence-corrected chi connectivity index (χ4v) is 3.68. The van der Waals surface area contributed by atoms with E-state index in [4.69, 9.17) is 11.1 Å². The van der Waals surface area contributed by atoms with Crippen LogP contribution in [0.1, 0.15) is 37.1 Å². The van der Waals surface area contributed by atoms with Gasteiger partial charge in [0.2, 0.25) is 0 Å². The second kappa shape index (κ2) is 6.31. The van der Waals surface area contributed by atoms with E-state index in [9.17, 15) is 8.78 Å². The fraction of sp³-hybridized carbons (Fsp3) is 0.471. The lowest BCUT2D eigenvalue weighted by Crippen LogP contribution is -2.65. The number of rotatable bonds is 3. The zero-order valence-electron chi connectivity index (χ0n) is 14.3. The van der Waals surface area contributed by atoms with E-state index < -0.39 is 6.43 Å². The lowest BCUT2D eigenvalue weighted by atomic mass is 9.80. The van der Waals surface area contributed by atoms with Gasteiger partial charge in [0, 0.05) is 24.7 Å². The maximum atomic E-state index is 12.9. The molecule has 0 radical (unpaired) electrons. The number of fused-ring (bicyclic) bond motifs is 1. The van der Waals surface area contributed by atoms with Gasteiger partial charge in [-0.15, -0.1) is 0 Å². The number of amidine groups is 1. The third-order valence-corrected chi connectivity index (χ3v) is 5.22. The monoisotopic (exact) mass is 361 g/mol. The molecule has 2 saturated heterocycles. The van der Waals surface area contributed by atoms with Crippen LogP contribution in [-0.4, -0.2) is 50.5 Å². The number of imidazole rings is 1. The number of nitrogens with one attached hydrogen (secondary N) is 2. The molecule has 0 aliphatic carbocycles. The van der Waals surface area contributed by atoms with Crippen molar-refractivity contribution in [3.8, 4) is 0 Å². The van der Waals surface area contributed by atoms with E-state index in [1.807, 2.05) is 4.90 Å². The maximum absolute atomic E-state index is 12.9. The number of aromatic nitrogens is 3. The molecule has 1 atom stereocenters. The number of nitrogens with two attached hydrogens (primary N) is 1. The van der Waals surface area contributed by atoms with Crippen LogP contribution in [0.15, 0.2) is 24.4 Å². The molecule has 138 valence electrons. The minimum Gasteiger partial charge on any atom is -0.397 e. The topological polar surface area (TPSA) is 95.3 Å². The molecule has 2 aliphatic rings. The van der Waals surface area contributed by atoms with E-state index in [2.05, 4.69) is 15.4 Å². The molecule has 1 unspecified atom stereocenters. The standard InChI is InChI=1S/C17H21F2N7/c18-16(19)12-2-3-15-22-9-13(26(15)24-12)11(20)8-14(21)25-7-1-4-17(10-25)5-6-23-17/h2-3,8-9,16,21,23H,1,4-7,10,20H2/b11-8-,21-14?. The highest BCUT2D eigenvalue weighted by molar-refractivity contribution is 5.96. The maximum Gasteiger partial charge on any atom is 0.282 e. The zero-order chi connectivity index (χ0) is 18.3. The minimum atomic E-state index is -2.67. The molecule has 0 saturated carbocycles. The van der Waals surface area contributed by atoms with Crippen LogP contribution >= 0.6 is 0 Å². The molecule has 0 bridgehead atoms. The van der Waals surface area contributed by atoms with Crippen molar-refractivity contribution in [3.63, 3.8) is 0 Å². The molecule has 2 aromatic rings. The van der Waals surface area contributed by atoms with Gasteiger partial charge >= 0.3 is 0 Å². The Kier molecular flexibility index (Phi) is 4.10. The third kappa shape index (κ3) is 2.92. The van der Waals surface area contributed by atoms with Crippen molar-refractivity contribution >= 4 is 17.2 Å². The van der Waals surface area contributed by atoms with E-state index in [1.54, 1.807) is 6.08 Å². The molecule has 2 fully saturated rings. The van der Waals surface area contributed by atoms with Gasteiger partial charge in [0.05, 0.1) is 11.9 Å². The van der Waals surface area contributed by atoms with E-state index in [0.717, 1.165) is 38.9 Å². The number of likely N-dealkylation sites (tertiary alicyclic amines) is 1. The van der Waals surface area contributed by atoms with Crippen LogP contribution in [0, 0.1) is 5.41 Å². The summed E-state index contributed by atoms with van der Waals surface area (Å²) in [4.78, 5) is 6.15. The molecule has 2 aromatic heterocycles. The lowest BCUT2D eigenvalue weighted by Gasteiger charge is -2.50. The second-order valence-corrected chi connectivity index (χ2v) is 6.94. The summed E-state index contributed by atoms with van der Waals surface area (Å²) in [5.74, 6) is 0.315. The number of alkyl halides is 2. The Labute approximate surface area is 149 Å². The molecule has 4 N–H and O–H groups in total. The highest BCUT2D eigenvalue weighted by Gasteiger charge is 2.40. The van der Waals surface area contributed by atoms with Gasteiger partial charge in [-0.05, 0) is 37.9 Å².